The Hall–Kier alpha value is -6.47. The van der Waals surface area contributed by atoms with Crippen molar-refractivity contribution in [2.75, 3.05) is 26.2 Å². The molecule has 1 saturated carbocycles. The first-order valence-corrected chi connectivity index (χ1v) is 30.3. The van der Waals surface area contributed by atoms with E-state index in [1.165, 1.54) is 45.9 Å². The highest BCUT2D eigenvalue weighted by atomic mass is 16.4. The molecule has 5 amide bonds. The smallest absolute Gasteiger partial charge is 0.326 e. The molecule has 1 aromatic heterocycles. The number of aryl methyl sites for hydroxylation is 1. The van der Waals surface area contributed by atoms with Crippen LogP contribution in [0.1, 0.15) is 212 Å². The fourth-order valence-corrected chi connectivity index (χ4v) is 10.0. The van der Waals surface area contributed by atoms with Crippen LogP contribution in [0.4, 0.5) is 0 Å². The van der Waals surface area contributed by atoms with Crippen molar-refractivity contribution in [1.29, 1.82) is 0 Å². The van der Waals surface area contributed by atoms with Gasteiger partial charge in [-0.25, -0.2) is 9.78 Å². The van der Waals surface area contributed by atoms with Gasteiger partial charge in [0.25, 0.3) is 0 Å². The number of Topliss-reactive ketones (excluding diaryl/α,β-unsaturated/α-hetero) is 4. The molecule has 12 N–H and O–H groups in total. The highest BCUT2D eigenvalue weighted by Crippen LogP contribution is 2.35. The molecule has 474 valence electrons. The number of aliphatic hydroxyl groups excluding tert-OH is 2. The molecule has 2 rings (SSSR count). The number of aromatic nitrogens is 2. The lowest BCUT2D eigenvalue weighted by Crippen LogP contribution is -2.59. The summed E-state index contributed by atoms with van der Waals surface area (Å²) in [6, 6.07) is -4.12. The molecule has 0 aromatic carbocycles. The Kier molecular flexibility index (Phi) is 37.1. The molecule has 84 heavy (non-hydrogen) atoms. The van der Waals surface area contributed by atoms with Crippen molar-refractivity contribution in [3.05, 3.63) is 18.2 Å². The van der Waals surface area contributed by atoms with Crippen molar-refractivity contribution in [3.8, 4) is 0 Å². The summed E-state index contributed by atoms with van der Waals surface area (Å²) in [6.07, 6.45) is 18.4. The maximum Gasteiger partial charge on any atom is 0.326 e. The van der Waals surface area contributed by atoms with Crippen LogP contribution >= 0.6 is 0 Å². The summed E-state index contributed by atoms with van der Waals surface area (Å²) in [5, 5.41) is 63.5. The molecule has 6 atom stereocenters. The molecule has 0 bridgehead atoms. The summed E-state index contributed by atoms with van der Waals surface area (Å²) >= 11 is 0. The monoisotopic (exact) mass is 1190 g/mol. The third-order valence-corrected chi connectivity index (χ3v) is 15.3. The normalized spacial score (nSPS) is 14.7. The van der Waals surface area contributed by atoms with Gasteiger partial charge in [0, 0.05) is 69.3 Å². The zero-order chi connectivity index (χ0) is 62.3. The summed E-state index contributed by atoms with van der Waals surface area (Å²) in [5.74, 6) is -9.85. The van der Waals surface area contributed by atoms with Crippen LogP contribution in [0.25, 0.3) is 0 Å². The predicted octanol–water partition coefficient (Wildman–Crippen LogP) is 3.84. The highest BCUT2D eigenvalue weighted by molar-refractivity contribution is 5.95. The molecule has 1 aliphatic rings. The molecule has 25 nitrogen and oxygen atoms in total. The van der Waals surface area contributed by atoms with Gasteiger partial charge in [-0.1, -0.05) is 83.5 Å². The lowest BCUT2D eigenvalue weighted by atomic mass is 9.71. The number of H-pyrrole nitrogens is 1. The van der Waals surface area contributed by atoms with E-state index in [4.69, 9.17) is 5.11 Å². The van der Waals surface area contributed by atoms with Gasteiger partial charge in [-0.3, -0.25) is 52.7 Å². The third-order valence-electron chi connectivity index (χ3n) is 15.3. The van der Waals surface area contributed by atoms with Crippen molar-refractivity contribution in [2.24, 2.45) is 11.8 Å². The van der Waals surface area contributed by atoms with Gasteiger partial charge in [0.2, 0.25) is 29.5 Å². The summed E-state index contributed by atoms with van der Waals surface area (Å²) in [7, 11) is 0. The molecular formula is C59H96N8O17. The topological polar surface area (TPSA) is 407 Å². The largest absolute Gasteiger partial charge is 0.481 e. The Morgan fingerprint density at radius 2 is 1.18 bits per heavy atom. The molecule has 0 unspecified atom stereocenters. The minimum absolute atomic E-state index is 0.0227. The number of hydrogen-bond acceptors (Lipinski definition) is 16. The number of imidazole rings is 1. The SMILES string of the molecule is CC(=O)[C@@H](NC(=O)[C@H](CCCCNC(=O)CNCC(=O)[C@H](CO)NC(=O)CC[C@H](NC(=O)CC[C@H](CC(=O)CCCCCCCCCCCCCCCCC(=O)O)C(=O)O)C(=O)O)CCC(=O)C1(NC(=O)CCc2cnc[nH]2)CCC1)[C@@H](C)O. The van der Waals surface area contributed by atoms with Gasteiger partial charge in [-0.05, 0) is 84.5 Å². The van der Waals surface area contributed by atoms with Crippen molar-refractivity contribution < 1.29 is 83.1 Å². The molecule has 0 aliphatic heterocycles. The van der Waals surface area contributed by atoms with E-state index in [0.717, 1.165) is 69.9 Å². The number of aromatic amines is 1. The third kappa shape index (κ3) is 32.0. The van der Waals surface area contributed by atoms with E-state index in [9.17, 15) is 78.0 Å². The van der Waals surface area contributed by atoms with Crippen LogP contribution in [0.15, 0.2) is 12.5 Å². The zero-order valence-electron chi connectivity index (χ0n) is 49.4. The van der Waals surface area contributed by atoms with Crippen molar-refractivity contribution >= 4 is 70.6 Å². The number of carboxylic acids is 3. The number of carboxylic acid groups (broad SMARTS) is 3. The first-order valence-electron chi connectivity index (χ1n) is 30.3. The van der Waals surface area contributed by atoms with Gasteiger partial charge >= 0.3 is 17.9 Å². The minimum atomic E-state index is -1.55. The fraction of sp³-hybridized carbons (Fsp3) is 0.746. The van der Waals surface area contributed by atoms with Crippen molar-refractivity contribution in [2.45, 2.75) is 243 Å². The van der Waals surface area contributed by atoms with Gasteiger partial charge in [0.1, 0.15) is 23.9 Å². The number of unbranched alkanes of at least 4 members (excludes halogenated alkanes) is 14. The number of aliphatic hydroxyl groups is 2. The number of aliphatic carboxylic acids is 3. The van der Waals surface area contributed by atoms with Gasteiger partial charge in [-0.2, -0.15) is 0 Å². The molecule has 1 aromatic rings. The van der Waals surface area contributed by atoms with Crippen LogP contribution in [0.2, 0.25) is 0 Å². The van der Waals surface area contributed by atoms with Gasteiger partial charge in [-0.15, -0.1) is 0 Å². The minimum Gasteiger partial charge on any atom is -0.481 e. The lowest BCUT2D eigenvalue weighted by molar-refractivity contribution is -0.145. The van der Waals surface area contributed by atoms with Gasteiger partial charge in [0.05, 0.1) is 43.6 Å². The Labute approximate surface area is 492 Å². The number of amides is 5. The molecule has 0 spiro atoms. The number of carbonyl (C=O) groups is 12. The molecule has 25 heteroatoms. The quantitative estimate of drug-likeness (QED) is 0.0412. The maximum atomic E-state index is 13.6. The number of rotatable bonds is 52. The van der Waals surface area contributed by atoms with E-state index >= 15 is 0 Å². The van der Waals surface area contributed by atoms with E-state index in [-0.39, 0.29) is 88.4 Å². The Bertz CT molecular complexity index is 2240. The number of nitrogens with zero attached hydrogens (tertiary/aromatic N) is 1. The average molecular weight is 1190 g/mol. The fourth-order valence-electron chi connectivity index (χ4n) is 10.0. The van der Waals surface area contributed by atoms with Gasteiger partial charge in [0.15, 0.2) is 17.3 Å². The van der Waals surface area contributed by atoms with Crippen LogP contribution in [0.3, 0.4) is 0 Å². The van der Waals surface area contributed by atoms with Crippen molar-refractivity contribution in [3.63, 3.8) is 0 Å². The standard InChI is InChI=1S/C59H96N8O17/c1-40(69)55(41(2)70)66-56(80)42(23-27-49(73)59(31-19-32-59)67-52(76)29-25-44-35-61-39-63-44)20-17-18-33-62-53(77)37-60-36-48(72)47(38-68)65-51(75)30-26-46(58(83)84)64-50(74)28-24-43(57(81)82)34-45(71)21-15-13-11-9-7-5-3-4-6-8-10-12-14-16-22-54(78)79/h35,39-40,42-43,46-47,55,60,68-69H,3-34,36-38H2,1-2H3,(H,61,63)(H,62,77)(H,64,74)(H,65,75)(H,66,80)(H,67,76)(H,78,79)(H,81,82)(H,83,84)/t40-,42-,43-,46+,47+,55+/m1/s1. The number of ketones is 4. The van der Waals surface area contributed by atoms with E-state index in [0.29, 0.717) is 38.5 Å². The average Bonchev–Trinajstić information content (AvgIpc) is 4.05. The second kappa shape index (κ2) is 42.4. The summed E-state index contributed by atoms with van der Waals surface area (Å²) in [5.41, 5.74) is -0.242. The number of nitrogens with one attached hydrogen (secondary N) is 7. The molecular weight excluding hydrogens is 1090 g/mol. The maximum absolute atomic E-state index is 13.6. The molecule has 0 saturated heterocycles. The highest BCUT2D eigenvalue weighted by Gasteiger charge is 2.45. The molecule has 1 aliphatic carbocycles. The second-order valence-corrected chi connectivity index (χ2v) is 22.4. The lowest BCUT2D eigenvalue weighted by Gasteiger charge is -2.41. The molecule has 1 heterocycles. The number of hydrogen-bond donors (Lipinski definition) is 12. The summed E-state index contributed by atoms with van der Waals surface area (Å²) in [4.78, 5) is 157. The van der Waals surface area contributed by atoms with Crippen LogP contribution < -0.4 is 31.9 Å². The van der Waals surface area contributed by atoms with Crippen LogP contribution in [0.5, 0.6) is 0 Å². The van der Waals surface area contributed by atoms with Crippen molar-refractivity contribution in [1.82, 2.24) is 41.9 Å². The van der Waals surface area contributed by atoms with Gasteiger partial charge < -0.3 is 62.4 Å². The Morgan fingerprint density at radius 3 is 1.69 bits per heavy atom. The Morgan fingerprint density at radius 1 is 0.607 bits per heavy atom. The molecule has 0 radical (unpaired) electrons. The van der Waals surface area contributed by atoms with Crippen LogP contribution in [-0.4, -0.2) is 162 Å². The first kappa shape index (κ1) is 73.6. The molecule has 1 fully saturated rings. The number of carbonyl (C=O) groups excluding carboxylic acids is 9. The van der Waals surface area contributed by atoms with E-state index in [2.05, 4.69) is 41.9 Å². The Balaban J connectivity index is 1.69. The van der Waals surface area contributed by atoms with E-state index in [1.54, 1.807) is 6.20 Å². The van der Waals surface area contributed by atoms with E-state index < -0.39 is 121 Å². The van der Waals surface area contributed by atoms with E-state index in [1.807, 2.05) is 0 Å². The second-order valence-electron chi connectivity index (χ2n) is 22.4. The predicted molar refractivity (Wildman–Crippen MR) is 308 cm³/mol. The van der Waals surface area contributed by atoms with Crippen LogP contribution in [-0.2, 0) is 64.0 Å². The zero-order valence-corrected chi connectivity index (χ0v) is 49.4. The summed E-state index contributed by atoms with van der Waals surface area (Å²) < 4.78 is 0. The summed E-state index contributed by atoms with van der Waals surface area (Å²) in [6.45, 7) is 1.20. The first-order chi connectivity index (χ1) is 40.1. The van der Waals surface area contributed by atoms with Crippen LogP contribution in [0, 0.1) is 11.8 Å².